The monoisotopic (exact) mass is 405 g/mol. The number of nitrogens with zero attached hydrogens (tertiary/aromatic N) is 2. The molecule has 0 radical (unpaired) electrons. The molecule has 1 atom stereocenters. The molecule has 1 aromatic carbocycles. The summed E-state index contributed by atoms with van der Waals surface area (Å²) in [4.78, 5) is 23.8. The summed E-state index contributed by atoms with van der Waals surface area (Å²) in [6.07, 6.45) is 0.970. The Morgan fingerprint density at radius 3 is 2.85 bits per heavy atom. The first-order chi connectivity index (χ1) is 12.5. The zero-order valence-electron chi connectivity index (χ0n) is 14.9. The summed E-state index contributed by atoms with van der Waals surface area (Å²) in [5, 5.41) is 5.25. The van der Waals surface area contributed by atoms with Gasteiger partial charge in [0.2, 0.25) is 5.91 Å². The number of carbonyl (C=O) groups excluding carboxylic acids is 1. The smallest absolute Gasteiger partial charge is 0.233 e. The van der Waals surface area contributed by atoms with E-state index in [1.54, 1.807) is 11.3 Å². The van der Waals surface area contributed by atoms with E-state index in [2.05, 4.69) is 28.3 Å². The summed E-state index contributed by atoms with van der Waals surface area (Å²) in [6, 6.07) is 9.66. The minimum Gasteiger partial charge on any atom is -0.351 e. The van der Waals surface area contributed by atoms with E-state index in [1.807, 2.05) is 38.1 Å². The lowest BCUT2D eigenvalue weighted by Gasteiger charge is -2.13. The molecule has 0 saturated heterocycles. The van der Waals surface area contributed by atoms with Crippen molar-refractivity contribution < 1.29 is 4.79 Å². The number of fused-ring (bicyclic) bond motifs is 1. The highest BCUT2D eigenvalue weighted by Gasteiger charge is 2.18. The molecule has 0 aliphatic carbocycles. The van der Waals surface area contributed by atoms with Crippen molar-refractivity contribution in [3.05, 3.63) is 51.6 Å². The van der Waals surface area contributed by atoms with Gasteiger partial charge in [-0.2, -0.15) is 0 Å². The molecule has 136 valence electrons. The molecule has 1 N–H and O–H groups in total. The Bertz CT molecular complexity index is 942. The van der Waals surface area contributed by atoms with Crippen LogP contribution in [0.4, 0.5) is 0 Å². The summed E-state index contributed by atoms with van der Waals surface area (Å²) in [5.74, 6) is 0.693. The van der Waals surface area contributed by atoms with Gasteiger partial charge in [0.25, 0.3) is 0 Å². The third kappa shape index (κ3) is 4.37. The summed E-state index contributed by atoms with van der Waals surface area (Å²) in [5.41, 5.74) is 0.908. The third-order valence-electron chi connectivity index (χ3n) is 3.94. The minimum atomic E-state index is -0.264. The lowest BCUT2D eigenvalue weighted by atomic mass is 10.2. The molecule has 3 aromatic rings. The molecular weight excluding hydrogens is 386 g/mol. The summed E-state index contributed by atoms with van der Waals surface area (Å²) in [6.45, 7) is 6.32. The normalized spacial score (nSPS) is 12.3. The maximum absolute atomic E-state index is 12.5. The number of hydrogen-bond acceptors (Lipinski definition) is 5. The van der Waals surface area contributed by atoms with Crippen molar-refractivity contribution >= 4 is 50.8 Å². The van der Waals surface area contributed by atoms with Gasteiger partial charge in [-0.15, -0.1) is 11.3 Å². The van der Waals surface area contributed by atoms with E-state index in [9.17, 15) is 4.79 Å². The SMILES string of the molecule is CCc1cc2c(SC(C)C(=O)NCc3ccccc3Cl)nc(C)nc2s1. The van der Waals surface area contributed by atoms with Crippen LogP contribution in [-0.4, -0.2) is 21.1 Å². The number of rotatable bonds is 6. The molecule has 0 aliphatic rings. The van der Waals surface area contributed by atoms with Gasteiger partial charge < -0.3 is 5.32 Å². The molecule has 4 nitrogen and oxygen atoms in total. The molecule has 26 heavy (non-hydrogen) atoms. The first-order valence-electron chi connectivity index (χ1n) is 8.42. The Hall–Kier alpha value is -1.63. The highest BCUT2D eigenvalue weighted by atomic mass is 35.5. The molecule has 0 aliphatic heterocycles. The van der Waals surface area contributed by atoms with Crippen LogP contribution in [0.5, 0.6) is 0 Å². The van der Waals surface area contributed by atoms with Gasteiger partial charge in [0.15, 0.2) is 0 Å². The number of aryl methyl sites for hydroxylation is 2. The molecule has 0 bridgehead atoms. The largest absolute Gasteiger partial charge is 0.351 e. The van der Waals surface area contributed by atoms with Gasteiger partial charge >= 0.3 is 0 Å². The Morgan fingerprint density at radius 1 is 1.35 bits per heavy atom. The highest BCUT2D eigenvalue weighted by Crippen LogP contribution is 2.33. The number of nitrogens with one attached hydrogen (secondary N) is 1. The topological polar surface area (TPSA) is 54.9 Å². The quantitative estimate of drug-likeness (QED) is 0.462. The van der Waals surface area contributed by atoms with Crippen LogP contribution >= 0.6 is 34.7 Å². The van der Waals surface area contributed by atoms with Crippen LogP contribution in [-0.2, 0) is 17.8 Å². The second-order valence-corrected chi connectivity index (χ2v) is 8.78. The molecule has 0 saturated carbocycles. The fourth-order valence-electron chi connectivity index (χ4n) is 2.50. The second kappa shape index (κ2) is 8.37. The maximum atomic E-state index is 12.5. The molecule has 0 fully saturated rings. The van der Waals surface area contributed by atoms with Crippen molar-refractivity contribution in [3.8, 4) is 0 Å². The Balaban J connectivity index is 1.72. The fraction of sp³-hybridized carbons (Fsp3) is 0.316. The second-order valence-electron chi connectivity index (χ2n) is 5.93. The number of thiophene rings is 1. The zero-order chi connectivity index (χ0) is 18.7. The van der Waals surface area contributed by atoms with Gasteiger partial charge in [0.05, 0.1) is 5.25 Å². The molecule has 0 spiro atoms. The van der Waals surface area contributed by atoms with E-state index in [-0.39, 0.29) is 11.2 Å². The average molecular weight is 406 g/mol. The van der Waals surface area contributed by atoms with Crippen LogP contribution < -0.4 is 5.32 Å². The van der Waals surface area contributed by atoms with Crippen molar-refractivity contribution in [1.29, 1.82) is 0 Å². The van der Waals surface area contributed by atoms with Crippen molar-refractivity contribution in [2.24, 2.45) is 0 Å². The Labute approximate surface area is 166 Å². The Morgan fingerprint density at radius 2 is 2.12 bits per heavy atom. The van der Waals surface area contributed by atoms with E-state index in [0.29, 0.717) is 11.6 Å². The van der Waals surface area contributed by atoms with Gasteiger partial charge in [0, 0.05) is 21.8 Å². The van der Waals surface area contributed by atoms with Gasteiger partial charge in [-0.1, -0.05) is 48.5 Å². The van der Waals surface area contributed by atoms with Crippen molar-refractivity contribution in [2.45, 2.75) is 44.0 Å². The summed E-state index contributed by atoms with van der Waals surface area (Å²) >= 11 is 9.30. The van der Waals surface area contributed by atoms with Crippen molar-refractivity contribution in [3.63, 3.8) is 0 Å². The molecule has 1 unspecified atom stereocenters. The number of aromatic nitrogens is 2. The molecule has 2 heterocycles. The number of amides is 1. The van der Waals surface area contributed by atoms with Gasteiger partial charge in [-0.3, -0.25) is 4.79 Å². The average Bonchev–Trinajstić information content (AvgIpc) is 3.04. The predicted octanol–water partition coefficient (Wildman–Crippen LogP) is 5.01. The van der Waals surface area contributed by atoms with E-state index in [1.165, 1.54) is 16.6 Å². The zero-order valence-corrected chi connectivity index (χ0v) is 17.3. The standard InChI is InChI=1S/C19H20ClN3OS2/c1-4-14-9-15-18(22-12(3)23-19(15)26-14)25-11(2)17(24)21-10-13-7-5-6-8-16(13)20/h5-9,11H,4,10H2,1-3H3,(H,21,24). The first-order valence-corrected chi connectivity index (χ1v) is 10.5. The third-order valence-corrected chi connectivity index (χ3v) is 6.58. The maximum Gasteiger partial charge on any atom is 0.233 e. The minimum absolute atomic E-state index is 0.0368. The van der Waals surface area contributed by atoms with Crippen LogP contribution in [0, 0.1) is 6.92 Å². The lowest BCUT2D eigenvalue weighted by Crippen LogP contribution is -2.30. The van der Waals surface area contributed by atoms with E-state index in [4.69, 9.17) is 11.6 Å². The highest BCUT2D eigenvalue weighted by molar-refractivity contribution is 8.00. The van der Waals surface area contributed by atoms with Crippen molar-refractivity contribution in [1.82, 2.24) is 15.3 Å². The molecule has 2 aromatic heterocycles. The molecule has 7 heteroatoms. The van der Waals surface area contributed by atoms with Crippen molar-refractivity contribution in [2.75, 3.05) is 0 Å². The van der Waals surface area contributed by atoms with Crippen LogP contribution in [0.1, 0.15) is 30.1 Å². The Kier molecular flexibility index (Phi) is 6.16. The van der Waals surface area contributed by atoms with Gasteiger partial charge in [-0.25, -0.2) is 9.97 Å². The molecule has 3 rings (SSSR count). The van der Waals surface area contributed by atoms with E-state index < -0.39 is 0 Å². The van der Waals surface area contributed by atoms with E-state index in [0.717, 1.165) is 33.1 Å². The lowest BCUT2D eigenvalue weighted by molar-refractivity contribution is -0.120. The number of carbonyl (C=O) groups is 1. The van der Waals surface area contributed by atoms with Gasteiger partial charge in [-0.05, 0) is 38.0 Å². The number of hydrogen-bond donors (Lipinski definition) is 1. The molecule has 1 amide bonds. The first kappa shape index (κ1) is 19.1. The summed E-state index contributed by atoms with van der Waals surface area (Å²) < 4.78 is 0. The predicted molar refractivity (Wildman–Crippen MR) is 110 cm³/mol. The van der Waals surface area contributed by atoms with Gasteiger partial charge in [0.1, 0.15) is 15.7 Å². The van der Waals surface area contributed by atoms with Crippen LogP contribution in [0.2, 0.25) is 5.02 Å². The van der Waals surface area contributed by atoms with Crippen LogP contribution in [0.25, 0.3) is 10.2 Å². The number of benzene rings is 1. The van der Waals surface area contributed by atoms with Crippen LogP contribution in [0.15, 0.2) is 35.4 Å². The summed E-state index contributed by atoms with van der Waals surface area (Å²) in [7, 11) is 0. The fourth-order valence-corrected chi connectivity index (χ4v) is 4.77. The molecular formula is C19H20ClN3OS2. The number of thioether (sulfide) groups is 1. The number of halogens is 1. The van der Waals surface area contributed by atoms with E-state index >= 15 is 0 Å². The van der Waals surface area contributed by atoms with Crippen LogP contribution in [0.3, 0.4) is 0 Å².